The maximum atomic E-state index is 5.54. The summed E-state index contributed by atoms with van der Waals surface area (Å²) in [5, 5.41) is 3.15. The fourth-order valence-electron chi connectivity index (χ4n) is 2.61. The number of hydrogen-bond donors (Lipinski definition) is 0. The summed E-state index contributed by atoms with van der Waals surface area (Å²) in [5.41, 5.74) is 1.93. The Hall–Kier alpha value is -2.34. The molecule has 5 nitrogen and oxygen atoms in total. The van der Waals surface area contributed by atoms with Crippen LogP contribution in [0.5, 0.6) is 11.5 Å². The van der Waals surface area contributed by atoms with Gasteiger partial charge in [0.15, 0.2) is 11.5 Å². The minimum atomic E-state index is 0.0911. The second-order valence-electron chi connectivity index (χ2n) is 5.17. The molecule has 0 unspecified atom stereocenters. The molecule has 0 radical (unpaired) electrons. The molecule has 23 heavy (non-hydrogen) atoms. The van der Waals surface area contributed by atoms with Crippen LogP contribution in [0.15, 0.2) is 36.0 Å². The Morgan fingerprint density at radius 1 is 1.22 bits per heavy atom. The number of thiazole rings is 1. The van der Waals surface area contributed by atoms with E-state index >= 15 is 0 Å². The predicted molar refractivity (Wildman–Crippen MR) is 91.4 cm³/mol. The third-order valence-corrected chi connectivity index (χ3v) is 4.59. The molecule has 0 N–H and O–H groups in total. The second-order valence-corrected chi connectivity index (χ2v) is 6.23. The number of rotatable bonds is 5. The molecule has 3 rings (SSSR count). The highest BCUT2D eigenvalue weighted by Crippen LogP contribution is 2.38. The fourth-order valence-corrected chi connectivity index (χ4v) is 3.31. The lowest BCUT2D eigenvalue weighted by atomic mass is 10.1. The largest absolute Gasteiger partial charge is 0.493 e. The normalized spacial score (nSPS) is 12.2. The van der Waals surface area contributed by atoms with E-state index in [0.29, 0.717) is 11.5 Å². The van der Waals surface area contributed by atoms with Gasteiger partial charge in [-0.2, -0.15) is 0 Å². The number of hydrogen-bond acceptors (Lipinski definition) is 5. The van der Waals surface area contributed by atoms with E-state index in [1.165, 1.54) is 0 Å². The van der Waals surface area contributed by atoms with Gasteiger partial charge < -0.3 is 14.0 Å². The zero-order chi connectivity index (χ0) is 16.4. The van der Waals surface area contributed by atoms with Gasteiger partial charge in [0.1, 0.15) is 5.82 Å². The molecule has 0 spiro atoms. The highest BCUT2D eigenvalue weighted by atomic mass is 32.1. The lowest BCUT2D eigenvalue weighted by molar-refractivity contribution is 0.356. The van der Waals surface area contributed by atoms with Crippen molar-refractivity contribution in [1.82, 2.24) is 14.5 Å². The molecule has 0 amide bonds. The topological polar surface area (TPSA) is 49.2 Å². The van der Waals surface area contributed by atoms with Crippen LogP contribution in [0.4, 0.5) is 0 Å². The average molecular weight is 329 g/mol. The lowest BCUT2D eigenvalue weighted by Gasteiger charge is -2.17. The maximum absolute atomic E-state index is 5.54. The fraction of sp³-hybridized carbons (Fsp3) is 0.294. The van der Waals surface area contributed by atoms with Crippen molar-refractivity contribution < 1.29 is 9.47 Å². The zero-order valence-corrected chi connectivity index (χ0v) is 14.4. The molecule has 1 aromatic carbocycles. The first-order valence-corrected chi connectivity index (χ1v) is 8.20. The highest BCUT2D eigenvalue weighted by molar-refractivity contribution is 7.09. The summed E-state index contributed by atoms with van der Waals surface area (Å²) < 4.78 is 13.0. The first-order valence-electron chi connectivity index (χ1n) is 7.32. The Labute approximate surface area is 139 Å². The molecule has 3 aromatic rings. The van der Waals surface area contributed by atoms with Gasteiger partial charge in [0, 0.05) is 17.8 Å². The lowest BCUT2D eigenvalue weighted by Crippen LogP contribution is -2.08. The van der Waals surface area contributed by atoms with Gasteiger partial charge in [-0.05, 0) is 26.0 Å². The molecule has 0 fully saturated rings. The number of aromatic nitrogens is 3. The Balaban J connectivity index is 2.08. The van der Waals surface area contributed by atoms with Gasteiger partial charge in [-0.1, -0.05) is 6.07 Å². The molecule has 120 valence electrons. The van der Waals surface area contributed by atoms with Gasteiger partial charge in [0.05, 0.1) is 36.5 Å². The summed E-state index contributed by atoms with van der Waals surface area (Å²) in [6.45, 7) is 4.13. The van der Waals surface area contributed by atoms with Crippen molar-refractivity contribution in [2.45, 2.75) is 19.9 Å². The van der Waals surface area contributed by atoms with Crippen molar-refractivity contribution in [2.24, 2.45) is 0 Å². The smallest absolute Gasteiger partial charge is 0.171 e. The van der Waals surface area contributed by atoms with Gasteiger partial charge >= 0.3 is 0 Å². The molecule has 2 aromatic heterocycles. The van der Waals surface area contributed by atoms with Crippen molar-refractivity contribution in [2.75, 3.05) is 14.2 Å². The Morgan fingerprint density at radius 3 is 2.70 bits per heavy atom. The first kappa shape index (κ1) is 15.6. The van der Waals surface area contributed by atoms with E-state index in [9.17, 15) is 0 Å². The Morgan fingerprint density at radius 2 is 2.04 bits per heavy atom. The van der Waals surface area contributed by atoms with Crippen molar-refractivity contribution in [3.05, 3.63) is 46.7 Å². The van der Waals surface area contributed by atoms with Crippen molar-refractivity contribution >= 4 is 11.3 Å². The molecule has 0 aliphatic heterocycles. The van der Waals surface area contributed by atoms with E-state index in [4.69, 9.17) is 9.47 Å². The van der Waals surface area contributed by atoms with Crippen LogP contribution in [0.1, 0.15) is 23.7 Å². The summed E-state index contributed by atoms with van der Waals surface area (Å²) in [4.78, 5) is 9.12. The predicted octanol–water partition coefficient (Wildman–Crippen LogP) is 3.94. The standard InChI is InChI=1S/C17H19N3O2S/c1-11(14-10-23-12(2)19-14)20-9-8-18-17(20)13-6-5-7-15(21-3)16(13)22-4/h5-11H,1-4H3/t11-/m1/s1. The molecule has 0 bridgehead atoms. The molecule has 0 saturated heterocycles. The average Bonchev–Trinajstić information content (AvgIpc) is 3.22. The van der Waals surface area contributed by atoms with Gasteiger partial charge in [-0.15, -0.1) is 11.3 Å². The minimum absolute atomic E-state index is 0.0911. The monoisotopic (exact) mass is 329 g/mol. The van der Waals surface area contributed by atoms with Gasteiger partial charge in [0.2, 0.25) is 0 Å². The second kappa shape index (κ2) is 6.42. The van der Waals surface area contributed by atoms with Crippen LogP contribution in [0.3, 0.4) is 0 Å². The van der Waals surface area contributed by atoms with Gasteiger partial charge in [-0.3, -0.25) is 0 Å². The van der Waals surface area contributed by atoms with E-state index in [-0.39, 0.29) is 6.04 Å². The molecular formula is C17H19N3O2S. The molecule has 0 aliphatic carbocycles. The number of methoxy groups -OCH3 is 2. The molecule has 2 heterocycles. The van der Waals surface area contributed by atoms with Crippen LogP contribution in [0, 0.1) is 6.92 Å². The number of benzene rings is 1. The van der Waals surface area contributed by atoms with Crippen molar-refractivity contribution in [3.8, 4) is 22.9 Å². The quantitative estimate of drug-likeness (QED) is 0.711. The molecular weight excluding hydrogens is 310 g/mol. The van der Waals surface area contributed by atoms with Crippen LogP contribution in [0.25, 0.3) is 11.4 Å². The van der Waals surface area contributed by atoms with Crippen LogP contribution in [-0.4, -0.2) is 28.8 Å². The Kier molecular flexibility index (Phi) is 4.34. The van der Waals surface area contributed by atoms with Gasteiger partial charge in [-0.25, -0.2) is 9.97 Å². The number of imidazole rings is 1. The number of para-hydroxylation sites is 1. The summed E-state index contributed by atoms with van der Waals surface area (Å²) >= 11 is 1.66. The van der Waals surface area contributed by atoms with E-state index in [0.717, 1.165) is 22.1 Å². The third-order valence-electron chi connectivity index (χ3n) is 3.79. The molecule has 6 heteroatoms. The Bertz CT molecular complexity index is 810. The van der Waals surface area contributed by atoms with E-state index in [2.05, 4.69) is 26.8 Å². The number of aryl methyl sites for hydroxylation is 1. The maximum Gasteiger partial charge on any atom is 0.171 e. The zero-order valence-electron chi connectivity index (χ0n) is 13.6. The first-order chi connectivity index (χ1) is 11.2. The molecule has 0 aliphatic rings. The van der Waals surface area contributed by atoms with Crippen LogP contribution in [0.2, 0.25) is 0 Å². The summed E-state index contributed by atoms with van der Waals surface area (Å²) in [7, 11) is 3.27. The minimum Gasteiger partial charge on any atom is -0.493 e. The van der Waals surface area contributed by atoms with E-state index in [1.807, 2.05) is 31.3 Å². The molecule has 1 atom stereocenters. The van der Waals surface area contributed by atoms with Gasteiger partial charge in [0.25, 0.3) is 0 Å². The third kappa shape index (κ3) is 2.82. The molecule has 0 saturated carbocycles. The number of ether oxygens (including phenoxy) is 2. The highest BCUT2D eigenvalue weighted by Gasteiger charge is 2.20. The van der Waals surface area contributed by atoms with Crippen LogP contribution >= 0.6 is 11.3 Å². The number of nitrogens with zero attached hydrogens (tertiary/aromatic N) is 3. The summed E-state index contributed by atoms with van der Waals surface area (Å²) in [6.07, 6.45) is 3.76. The van der Waals surface area contributed by atoms with Crippen molar-refractivity contribution in [1.29, 1.82) is 0 Å². The van der Waals surface area contributed by atoms with Crippen molar-refractivity contribution in [3.63, 3.8) is 0 Å². The van der Waals surface area contributed by atoms with E-state index < -0.39 is 0 Å². The summed E-state index contributed by atoms with van der Waals surface area (Å²) in [6, 6.07) is 5.89. The van der Waals surface area contributed by atoms with Crippen LogP contribution < -0.4 is 9.47 Å². The summed E-state index contributed by atoms with van der Waals surface area (Å²) in [5.74, 6) is 2.21. The SMILES string of the molecule is COc1cccc(-c2nccn2[C@H](C)c2csc(C)n2)c1OC. The van der Waals surface area contributed by atoms with Crippen LogP contribution in [-0.2, 0) is 0 Å². The van der Waals surface area contributed by atoms with E-state index in [1.54, 1.807) is 31.8 Å².